The van der Waals surface area contributed by atoms with Crippen molar-refractivity contribution in [1.82, 2.24) is 15.1 Å². The number of urea groups is 1. The summed E-state index contributed by atoms with van der Waals surface area (Å²) in [6.07, 6.45) is 1.95. The van der Waals surface area contributed by atoms with Gasteiger partial charge in [0, 0.05) is 32.8 Å². The molecule has 2 N–H and O–H groups in total. The highest BCUT2D eigenvalue weighted by atomic mass is 16.5. The molecule has 1 unspecified atom stereocenters. The van der Waals surface area contributed by atoms with Crippen LogP contribution in [0.4, 0.5) is 4.79 Å². The summed E-state index contributed by atoms with van der Waals surface area (Å²) in [5.74, 6) is 1.05. The molecule has 6 nitrogen and oxygen atoms in total. The number of hydrogen-bond acceptors (Lipinski definition) is 4. The lowest BCUT2D eigenvalue weighted by Crippen LogP contribution is -2.45. The van der Waals surface area contributed by atoms with Gasteiger partial charge in [0.05, 0.1) is 0 Å². The van der Waals surface area contributed by atoms with Gasteiger partial charge in [0.2, 0.25) is 0 Å². The Morgan fingerprint density at radius 2 is 2.12 bits per heavy atom. The van der Waals surface area contributed by atoms with Gasteiger partial charge in [0.1, 0.15) is 12.4 Å². The summed E-state index contributed by atoms with van der Waals surface area (Å²) in [5, 5.41) is 12.2. The number of hydrogen-bond donors (Lipinski definition) is 2. The standard InChI is InChI=1S/C18H29N3O3/c1-20(2)10-11-24-17-7-5-15(6-8-17)12-19-18(23)21-9-3-4-16(13-21)14-22/h5-8,16,22H,3-4,9-14H2,1-2H3,(H,19,23). The fourth-order valence-electron chi connectivity index (χ4n) is 2.74. The predicted octanol–water partition coefficient (Wildman–Crippen LogP) is 1.54. The molecule has 0 bridgehead atoms. The summed E-state index contributed by atoms with van der Waals surface area (Å²) in [6, 6.07) is 7.75. The maximum Gasteiger partial charge on any atom is 0.317 e. The maximum atomic E-state index is 12.2. The number of rotatable bonds is 7. The molecule has 24 heavy (non-hydrogen) atoms. The number of nitrogens with zero attached hydrogens (tertiary/aromatic N) is 2. The molecule has 1 aromatic carbocycles. The van der Waals surface area contributed by atoms with Gasteiger partial charge in [0.25, 0.3) is 0 Å². The molecule has 1 saturated heterocycles. The second-order valence-electron chi connectivity index (χ2n) is 6.59. The number of aliphatic hydroxyl groups excluding tert-OH is 1. The van der Waals surface area contributed by atoms with Crippen LogP contribution in [-0.4, -0.2) is 67.9 Å². The summed E-state index contributed by atoms with van der Waals surface area (Å²) in [7, 11) is 4.03. The Bertz CT molecular complexity index is 505. The molecule has 1 fully saturated rings. The van der Waals surface area contributed by atoms with Crippen molar-refractivity contribution in [3.63, 3.8) is 0 Å². The summed E-state index contributed by atoms with van der Waals surface area (Å²) in [6.45, 7) is 3.59. The minimum absolute atomic E-state index is 0.0561. The quantitative estimate of drug-likeness (QED) is 0.793. The van der Waals surface area contributed by atoms with Crippen LogP contribution in [-0.2, 0) is 6.54 Å². The van der Waals surface area contributed by atoms with Gasteiger partial charge >= 0.3 is 6.03 Å². The zero-order valence-corrected chi connectivity index (χ0v) is 14.7. The van der Waals surface area contributed by atoms with Gasteiger partial charge in [-0.05, 0) is 50.6 Å². The Hall–Kier alpha value is -1.79. The van der Waals surface area contributed by atoms with Crippen molar-refractivity contribution in [2.45, 2.75) is 19.4 Å². The van der Waals surface area contributed by atoms with Gasteiger partial charge in [-0.3, -0.25) is 0 Å². The van der Waals surface area contributed by atoms with Crippen LogP contribution in [0.2, 0.25) is 0 Å². The van der Waals surface area contributed by atoms with Crippen LogP contribution in [0.3, 0.4) is 0 Å². The van der Waals surface area contributed by atoms with E-state index in [4.69, 9.17) is 4.74 Å². The number of amides is 2. The Labute approximate surface area is 144 Å². The van der Waals surface area contributed by atoms with Crippen molar-refractivity contribution < 1.29 is 14.6 Å². The molecule has 2 rings (SSSR count). The molecule has 1 atom stereocenters. The van der Waals surface area contributed by atoms with Crippen molar-refractivity contribution in [2.75, 3.05) is 46.9 Å². The summed E-state index contributed by atoms with van der Waals surface area (Å²) in [5.41, 5.74) is 1.04. The van der Waals surface area contributed by atoms with Crippen LogP contribution in [0.15, 0.2) is 24.3 Å². The molecule has 2 amide bonds. The second-order valence-corrected chi connectivity index (χ2v) is 6.59. The molecule has 0 radical (unpaired) electrons. The van der Waals surface area contributed by atoms with Gasteiger partial charge in [-0.15, -0.1) is 0 Å². The normalized spacial score (nSPS) is 17.8. The Kier molecular flexibility index (Phi) is 7.34. The van der Waals surface area contributed by atoms with Crippen molar-refractivity contribution >= 4 is 6.03 Å². The van der Waals surface area contributed by atoms with Crippen molar-refractivity contribution in [3.05, 3.63) is 29.8 Å². The van der Waals surface area contributed by atoms with E-state index >= 15 is 0 Å². The summed E-state index contributed by atoms with van der Waals surface area (Å²) < 4.78 is 5.66. The third-order valence-electron chi connectivity index (χ3n) is 4.24. The van der Waals surface area contributed by atoms with E-state index in [-0.39, 0.29) is 18.6 Å². The van der Waals surface area contributed by atoms with E-state index in [0.29, 0.717) is 19.7 Å². The van der Waals surface area contributed by atoms with E-state index in [1.54, 1.807) is 4.90 Å². The molecule has 0 saturated carbocycles. The van der Waals surface area contributed by atoms with E-state index in [2.05, 4.69) is 10.2 Å². The zero-order chi connectivity index (χ0) is 17.4. The molecule has 134 valence electrons. The molecule has 1 aliphatic heterocycles. The maximum absolute atomic E-state index is 12.2. The monoisotopic (exact) mass is 335 g/mol. The van der Waals surface area contributed by atoms with Crippen LogP contribution in [0.5, 0.6) is 5.75 Å². The highest BCUT2D eigenvalue weighted by molar-refractivity contribution is 5.74. The van der Waals surface area contributed by atoms with Gasteiger partial charge in [-0.1, -0.05) is 12.1 Å². The van der Waals surface area contributed by atoms with Gasteiger partial charge in [-0.2, -0.15) is 0 Å². The van der Waals surface area contributed by atoms with Crippen LogP contribution in [0.1, 0.15) is 18.4 Å². The fraction of sp³-hybridized carbons (Fsp3) is 0.611. The molecule has 1 heterocycles. The Morgan fingerprint density at radius 3 is 2.79 bits per heavy atom. The SMILES string of the molecule is CN(C)CCOc1ccc(CNC(=O)N2CCCC(CO)C2)cc1. The number of benzene rings is 1. The lowest BCUT2D eigenvalue weighted by Gasteiger charge is -2.31. The van der Waals surface area contributed by atoms with Gasteiger partial charge in [-0.25, -0.2) is 4.79 Å². The molecular weight excluding hydrogens is 306 g/mol. The van der Waals surface area contributed by atoms with E-state index in [0.717, 1.165) is 37.2 Å². The number of aliphatic hydroxyl groups is 1. The Morgan fingerprint density at radius 1 is 1.38 bits per heavy atom. The number of nitrogens with one attached hydrogen (secondary N) is 1. The van der Waals surface area contributed by atoms with E-state index in [9.17, 15) is 9.90 Å². The third-order valence-corrected chi connectivity index (χ3v) is 4.24. The first-order valence-corrected chi connectivity index (χ1v) is 8.58. The number of carbonyl (C=O) groups is 1. The molecule has 0 aliphatic carbocycles. The fourth-order valence-corrected chi connectivity index (χ4v) is 2.74. The molecule has 0 aromatic heterocycles. The average Bonchev–Trinajstić information content (AvgIpc) is 2.60. The third kappa shape index (κ3) is 6.02. The van der Waals surface area contributed by atoms with Crippen LogP contribution < -0.4 is 10.1 Å². The second kappa shape index (κ2) is 9.49. The average molecular weight is 335 g/mol. The van der Waals surface area contributed by atoms with Crippen LogP contribution in [0, 0.1) is 5.92 Å². The minimum atomic E-state index is -0.0561. The molecule has 6 heteroatoms. The van der Waals surface area contributed by atoms with Crippen molar-refractivity contribution in [3.8, 4) is 5.75 Å². The molecule has 1 aromatic rings. The highest BCUT2D eigenvalue weighted by Gasteiger charge is 2.22. The van der Waals surface area contributed by atoms with E-state index in [1.165, 1.54) is 0 Å². The van der Waals surface area contributed by atoms with Crippen LogP contribution in [0.25, 0.3) is 0 Å². The lowest BCUT2D eigenvalue weighted by atomic mass is 9.99. The predicted molar refractivity (Wildman–Crippen MR) is 94.1 cm³/mol. The molecule has 1 aliphatic rings. The van der Waals surface area contributed by atoms with E-state index < -0.39 is 0 Å². The summed E-state index contributed by atoms with van der Waals surface area (Å²) in [4.78, 5) is 16.1. The van der Waals surface area contributed by atoms with Crippen molar-refractivity contribution in [1.29, 1.82) is 0 Å². The van der Waals surface area contributed by atoms with E-state index in [1.807, 2.05) is 38.4 Å². The smallest absolute Gasteiger partial charge is 0.317 e. The number of piperidine rings is 1. The first-order chi connectivity index (χ1) is 11.6. The number of ether oxygens (including phenoxy) is 1. The van der Waals surface area contributed by atoms with Gasteiger partial charge in [0.15, 0.2) is 0 Å². The lowest BCUT2D eigenvalue weighted by molar-refractivity contribution is 0.129. The zero-order valence-electron chi connectivity index (χ0n) is 14.7. The molecular formula is C18H29N3O3. The number of likely N-dealkylation sites (tertiary alicyclic amines) is 1. The first-order valence-electron chi connectivity index (χ1n) is 8.58. The summed E-state index contributed by atoms with van der Waals surface area (Å²) >= 11 is 0. The number of carbonyl (C=O) groups excluding carboxylic acids is 1. The van der Waals surface area contributed by atoms with Gasteiger partial charge < -0.3 is 25.0 Å². The van der Waals surface area contributed by atoms with Crippen LogP contribution >= 0.6 is 0 Å². The number of likely N-dealkylation sites (N-methyl/N-ethyl adjacent to an activating group) is 1. The first kappa shape index (κ1) is 18.5. The highest BCUT2D eigenvalue weighted by Crippen LogP contribution is 2.16. The minimum Gasteiger partial charge on any atom is -0.492 e. The Balaban J connectivity index is 1.74. The molecule has 0 spiro atoms. The largest absolute Gasteiger partial charge is 0.492 e. The van der Waals surface area contributed by atoms with Crippen molar-refractivity contribution in [2.24, 2.45) is 5.92 Å². The topological polar surface area (TPSA) is 65.0 Å².